The van der Waals surface area contributed by atoms with E-state index in [1.54, 1.807) is 48.3 Å². The van der Waals surface area contributed by atoms with Crippen LogP contribution in [0.5, 0.6) is 0 Å². The van der Waals surface area contributed by atoms with Crippen molar-refractivity contribution < 1.29 is 19.1 Å². The molecule has 15 heteroatoms. The number of rotatable bonds is 7. The van der Waals surface area contributed by atoms with E-state index in [1.807, 2.05) is 17.0 Å². The van der Waals surface area contributed by atoms with E-state index < -0.39 is 6.03 Å². The molecular formula is C35H47N11O4. The number of amides is 5. The van der Waals surface area contributed by atoms with Gasteiger partial charge < -0.3 is 45.2 Å². The first-order valence-electron chi connectivity index (χ1n) is 17.3. The van der Waals surface area contributed by atoms with E-state index in [0.29, 0.717) is 93.2 Å². The van der Waals surface area contributed by atoms with Crippen molar-refractivity contribution in [2.75, 3.05) is 107 Å². The number of piperidine rings is 1. The summed E-state index contributed by atoms with van der Waals surface area (Å²) in [5.41, 5.74) is 2.57. The van der Waals surface area contributed by atoms with Gasteiger partial charge in [0.05, 0.1) is 13.2 Å². The van der Waals surface area contributed by atoms with Gasteiger partial charge in [0, 0.05) is 87.9 Å². The lowest BCUT2D eigenvalue weighted by Crippen LogP contribution is -2.44. The third-order valence-corrected chi connectivity index (χ3v) is 9.46. The lowest BCUT2D eigenvalue weighted by Gasteiger charge is -2.35. The van der Waals surface area contributed by atoms with Crippen molar-refractivity contribution in [3.63, 3.8) is 0 Å². The van der Waals surface area contributed by atoms with Gasteiger partial charge >= 0.3 is 12.1 Å². The molecule has 0 spiro atoms. The minimum Gasteiger partial charge on any atom is -0.378 e. The Balaban J connectivity index is 1.09. The summed E-state index contributed by atoms with van der Waals surface area (Å²) in [6, 6.07) is 14.4. The zero-order chi connectivity index (χ0) is 35.0. The third kappa shape index (κ3) is 8.58. The van der Waals surface area contributed by atoms with Crippen LogP contribution in [0.25, 0.3) is 11.4 Å². The van der Waals surface area contributed by atoms with Gasteiger partial charge in [0.2, 0.25) is 11.9 Å². The Bertz CT molecular complexity index is 1620. The largest absolute Gasteiger partial charge is 0.378 e. The van der Waals surface area contributed by atoms with Gasteiger partial charge in [0.25, 0.3) is 5.91 Å². The number of morpholine rings is 1. The predicted molar refractivity (Wildman–Crippen MR) is 193 cm³/mol. The minimum absolute atomic E-state index is 0.0137. The molecule has 0 radical (unpaired) electrons. The molecule has 266 valence electrons. The van der Waals surface area contributed by atoms with Crippen LogP contribution in [0.2, 0.25) is 0 Å². The molecule has 1 aromatic heterocycles. The van der Waals surface area contributed by atoms with Crippen molar-refractivity contribution in [2.45, 2.75) is 25.3 Å². The van der Waals surface area contributed by atoms with Crippen molar-refractivity contribution in [3.8, 4) is 11.4 Å². The summed E-state index contributed by atoms with van der Waals surface area (Å²) in [7, 11) is 5.80. The molecule has 15 nitrogen and oxygen atoms in total. The van der Waals surface area contributed by atoms with Crippen molar-refractivity contribution in [1.29, 1.82) is 0 Å². The average Bonchev–Trinajstić information content (AvgIpc) is 3.42. The van der Waals surface area contributed by atoms with E-state index in [-0.39, 0.29) is 11.9 Å². The number of nitrogens with one attached hydrogen (secondary N) is 3. The summed E-state index contributed by atoms with van der Waals surface area (Å²) in [4.78, 5) is 62.8. The molecule has 3 saturated heterocycles. The van der Waals surface area contributed by atoms with Gasteiger partial charge in [-0.15, -0.1) is 0 Å². The molecule has 3 aliphatic rings. The van der Waals surface area contributed by atoms with Gasteiger partial charge in [-0.3, -0.25) is 4.79 Å². The molecule has 50 heavy (non-hydrogen) atoms. The van der Waals surface area contributed by atoms with Crippen molar-refractivity contribution in [1.82, 2.24) is 35.0 Å². The molecule has 3 N–H and O–H groups in total. The van der Waals surface area contributed by atoms with Crippen LogP contribution in [0.15, 0.2) is 48.5 Å². The first kappa shape index (κ1) is 34.8. The fraction of sp³-hybridized carbons (Fsp3) is 0.486. The number of aromatic nitrogens is 3. The smallest absolute Gasteiger partial charge is 0.323 e. The maximum Gasteiger partial charge on any atom is 0.323 e. The second-order valence-electron chi connectivity index (χ2n) is 13.0. The maximum absolute atomic E-state index is 13.0. The molecule has 3 aliphatic heterocycles. The molecule has 6 rings (SSSR count). The molecule has 0 saturated carbocycles. The molecule has 0 bridgehead atoms. The fourth-order valence-electron chi connectivity index (χ4n) is 6.47. The van der Waals surface area contributed by atoms with Gasteiger partial charge in [0.15, 0.2) is 5.82 Å². The first-order chi connectivity index (χ1) is 24.3. The Labute approximate surface area is 293 Å². The molecule has 2 aromatic carbocycles. The number of urea groups is 2. The number of nitrogens with zero attached hydrogens (tertiary/aromatic N) is 8. The number of benzene rings is 2. The third-order valence-electron chi connectivity index (χ3n) is 9.46. The number of carbonyl (C=O) groups is 3. The minimum atomic E-state index is -0.397. The van der Waals surface area contributed by atoms with Gasteiger partial charge in [0.1, 0.15) is 0 Å². The monoisotopic (exact) mass is 685 g/mol. The number of likely N-dealkylation sites (tertiary alicyclic amines) is 1. The second kappa shape index (κ2) is 16.1. The lowest BCUT2D eigenvalue weighted by atomic mass is 10.0. The zero-order valence-corrected chi connectivity index (χ0v) is 29.1. The Morgan fingerprint density at radius 2 is 1.32 bits per heavy atom. The van der Waals surface area contributed by atoms with Crippen LogP contribution < -0.4 is 25.8 Å². The average molecular weight is 686 g/mol. The summed E-state index contributed by atoms with van der Waals surface area (Å²) >= 11 is 0. The van der Waals surface area contributed by atoms with Crippen LogP contribution in [0.4, 0.5) is 32.9 Å². The predicted octanol–water partition coefficient (Wildman–Crippen LogP) is 3.04. The van der Waals surface area contributed by atoms with Crippen molar-refractivity contribution in [2.24, 2.45) is 0 Å². The SMILES string of the molecule is CNC(=O)N1CCCN(c2nc(-c3ccc(NC(=O)Nc4ccc(C(=O)N5CCC(N(C)C)CC5)cc4)cc3)nc(N3CCOCC3)n2)CC1. The summed E-state index contributed by atoms with van der Waals surface area (Å²) in [6.07, 6.45) is 2.72. The van der Waals surface area contributed by atoms with Crippen molar-refractivity contribution in [3.05, 3.63) is 54.1 Å². The van der Waals surface area contributed by atoms with Gasteiger partial charge in [-0.2, -0.15) is 15.0 Å². The van der Waals surface area contributed by atoms with Crippen LogP contribution in [-0.4, -0.2) is 140 Å². The fourth-order valence-corrected chi connectivity index (χ4v) is 6.47. The van der Waals surface area contributed by atoms with Crippen LogP contribution in [0.1, 0.15) is 29.6 Å². The molecular weight excluding hydrogens is 638 g/mol. The van der Waals surface area contributed by atoms with Gasteiger partial charge in [-0.1, -0.05) is 0 Å². The van der Waals surface area contributed by atoms with Crippen molar-refractivity contribution >= 4 is 41.2 Å². The standard InChI is InChI=1S/C35H47N11O4/c1-36-35(49)46-16-4-15-44(19-20-46)32-39-30(40-33(41-32)45-21-23-50-24-22-45)25-5-9-27(10-6-25)37-34(48)38-28-11-7-26(8-12-28)31(47)43-17-13-29(14-18-43)42(2)3/h5-12,29H,4,13-24H2,1-3H3,(H,36,49)(H2,37,38,48). The summed E-state index contributed by atoms with van der Waals surface area (Å²) < 4.78 is 5.55. The molecule has 3 fully saturated rings. The molecule has 0 aliphatic carbocycles. The first-order valence-corrected chi connectivity index (χ1v) is 17.3. The van der Waals surface area contributed by atoms with Crippen LogP contribution in [-0.2, 0) is 4.74 Å². The van der Waals surface area contributed by atoms with E-state index in [0.717, 1.165) is 37.9 Å². The summed E-state index contributed by atoms with van der Waals surface area (Å²) in [6.45, 7) is 6.58. The maximum atomic E-state index is 13.0. The molecule has 4 heterocycles. The molecule has 0 atom stereocenters. The Hall–Kier alpha value is -5.02. The Kier molecular flexibility index (Phi) is 11.2. The van der Waals surface area contributed by atoms with Crippen LogP contribution in [0, 0.1) is 0 Å². The van der Waals surface area contributed by atoms with E-state index in [2.05, 4.69) is 44.7 Å². The molecule has 3 aromatic rings. The number of carbonyl (C=O) groups excluding carboxylic acids is 3. The topological polar surface area (TPSA) is 151 Å². The second-order valence-corrected chi connectivity index (χ2v) is 13.0. The highest BCUT2D eigenvalue weighted by Crippen LogP contribution is 2.25. The summed E-state index contributed by atoms with van der Waals surface area (Å²) in [5, 5.41) is 8.43. The van der Waals surface area contributed by atoms with E-state index in [1.165, 1.54) is 0 Å². The van der Waals surface area contributed by atoms with E-state index in [9.17, 15) is 14.4 Å². The zero-order valence-electron chi connectivity index (χ0n) is 29.1. The quantitative estimate of drug-likeness (QED) is 0.339. The Morgan fingerprint density at radius 1 is 0.720 bits per heavy atom. The highest BCUT2D eigenvalue weighted by Gasteiger charge is 2.26. The normalized spacial score (nSPS) is 17.4. The molecule has 0 unspecified atom stereocenters. The lowest BCUT2D eigenvalue weighted by molar-refractivity contribution is 0.0663. The highest BCUT2D eigenvalue weighted by molar-refractivity contribution is 6.00. The highest BCUT2D eigenvalue weighted by atomic mass is 16.5. The Morgan fingerprint density at radius 3 is 1.92 bits per heavy atom. The summed E-state index contributed by atoms with van der Waals surface area (Å²) in [5.74, 6) is 1.69. The van der Waals surface area contributed by atoms with Gasteiger partial charge in [-0.25, -0.2) is 9.59 Å². The number of hydrogen-bond donors (Lipinski definition) is 3. The van der Waals surface area contributed by atoms with Crippen LogP contribution >= 0.6 is 0 Å². The number of anilines is 4. The number of hydrogen-bond acceptors (Lipinski definition) is 10. The number of ether oxygens (including phenoxy) is 1. The van der Waals surface area contributed by atoms with Gasteiger partial charge in [-0.05, 0) is 81.9 Å². The van der Waals surface area contributed by atoms with Crippen LogP contribution in [0.3, 0.4) is 0 Å². The van der Waals surface area contributed by atoms with E-state index >= 15 is 0 Å². The van der Waals surface area contributed by atoms with E-state index in [4.69, 9.17) is 19.7 Å². The molecule has 5 amide bonds.